The highest BCUT2D eigenvalue weighted by molar-refractivity contribution is 5.84. The molecule has 2 aliphatic rings. The van der Waals surface area contributed by atoms with Gasteiger partial charge in [-0.05, 0) is 50.9 Å². The van der Waals surface area contributed by atoms with E-state index in [0.717, 1.165) is 12.8 Å². The number of carbonyl (C=O) groups excluding carboxylic acids is 1. The molecule has 21 heavy (non-hydrogen) atoms. The average Bonchev–Trinajstić information content (AvgIpc) is 2.69. The molecule has 0 spiro atoms. The van der Waals surface area contributed by atoms with E-state index in [9.17, 15) is 9.18 Å². The fraction of sp³-hybridized carbons (Fsp3) is 0.588. The van der Waals surface area contributed by atoms with E-state index < -0.39 is 0 Å². The van der Waals surface area contributed by atoms with Gasteiger partial charge in [0, 0.05) is 30.0 Å². The molecule has 0 amide bonds. The molecule has 2 bridgehead atoms. The molecule has 0 saturated carbocycles. The highest BCUT2D eigenvalue weighted by Crippen LogP contribution is 2.38. The first-order chi connectivity index (χ1) is 10.1. The molecule has 0 aromatic heterocycles. The maximum atomic E-state index is 13.4. The largest absolute Gasteiger partial charge is 0.496 e. The van der Waals surface area contributed by atoms with Crippen LogP contribution < -0.4 is 4.74 Å². The lowest BCUT2D eigenvalue weighted by Crippen LogP contribution is -2.42. The lowest BCUT2D eigenvalue weighted by atomic mass is 9.85. The summed E-state index contributed by atoms with van der Waals surface area (Å²) in [4.78, 5) is 15.0. The van der Waals surface area contributed by atoms with Crippen LogP contribution in [0, 0.1) is 11.7 Å². The maximum Gasteiger partial charge on any atom is 0.140 e. The fourth-order valence-electron chi connectivity index (χ4n) is 3.89. The van der Waals surface area contributed by atoms with Gasteiger partial charge in [-0.3, -0.25) is 4.79 Å². The Kier molecular flexibility index (Phi) is 3.98. The van der Waals surface area contributed by atoms with E-state index in [-0.39, 0.29) is 23.9 Å². The third-order valence-electron chi connectivity index (χ3n) is 5.16. The van der Waals surface area contributed by atoms with Crippen molar-refractivity contribution in [1.29, 1.82) is 0 Å². The number of Topliss-reactive ketones (excluding diaryl/α,β-unsaturated/α-hetero) is 1. The van der Waals surface area contributed by atoms with Gasteiger partial charge in [0.1, 0.15) is 17.3 Å². The predicted octanol–water partition coefficient (Wildman–Crippen LogP) is 2.82. The fourth-order valence-corrected chi connectivity index (χ4v) is 3.89. The minimum Gasteiger partial charge on any atom is -0.496 e. The van der Waals surface area contributed by atoms with Gasteiger partial charge in [0.05, 0.1) is 7.11 Å². The van der Waals surface area contributed by atoms with Crippen LogP contribution >= 0.6 is 0 Å². The van der Waals surface area contributed by atoms with Crippen molar-refractivity contribution in [2.24, 2.45) is 5.92 Å². The second-order valence-corrected chi connectivity index (χ2v) is 6.32. The van der Waals surface area contributed by atoms with E-state index in [2.05, 4.69) is 11.9 Å². The molecule has 0 N–H and O–H groups in total. The third-order valence-corrected chi connectivity index (χ3v) is 5.16. The molecule has 2 saturated heterocycles. The Morgan fingerprint density at radius 2 is 2.00 bits per heavy atom. The Morgan fingerprint density at radius 1 is 1.33 bits per heavy atom. The lowest BCUT2D eigenvalue weighted by molar-refractivity contribution is -0.124. The standard InChI is InChI=1S/C17H22FNO2/c1-19-14-4-5-15(19)9-11(8-14)16(20)10-12-7-13(18)3-6-17(12)21-2/h3,6-7,11,14-15H,4-5,8-10H2,1-2H3. The molecule has 114 valence electrons. The highest BCUT2D eigenvalue weighted by Gasteiger charge is 2.40. The quantitative estimate of drug-likeness (QED) is 0.854. The number of nitrogens with zero attached hydrogens (tertiary/aromatic N) is 1. The zero-order valence-corrected chi connectivity index (χ0v) is 12.6. The Hall–Kier alpha value is -1.42. The molecule has 2 unspecified atom stereocenters. The van der Waals surface area contributed by atoms with Crippen molar-refractivity contribution in [3.8, 4) is 5.75 Å². The van der Waals surface area contributed by atoms with Crippen LogP contribution in [0.25, 0.3) is 0 Å². The van der Waals surface area contributed by atoms with E-state index in [1.165, 1.54) is 25.0 Å². The number of halogens is 1. The summed E-state index contributed by atoms with van der Waals surface area (Å²) in [6, 6.07) is 5.47. The first-order valence-corrected chi connectivity index (χ1v) is 7.65. The molecule has 2 atom stereocenters. The molecule has 1 aromatic rings. The van der Waals surface area contributed by atoms with Crippen LogP contribution in [-0.2, 0) is 11.2 Å². The molecule has 4 heteroatoms. The molecule has 0 aliphatic carbocycles. The number of hydrogen-bond donors (Lipinski definition) is 0. The van der Waals surface area contributed by atoms with Crippen molar-refractivity contribution in [2.75, 3.05) is 14.2 Å². The number of carbonyl (C=O) groups is 1. The van der Waals surface area contributed by atoms with Gasteiger partial charge in [-0.1, -0.05) is 0 Å². The van der Waals surface area contributed by atoms with Gasteiger partial charge in [-0.25, -0.2) is 4.39 Å². The number of benzene rings is 1. The maximum absolute atomic E-state index is 13.4. The zero-order chi connectivity index (χ0) is 15.0. The summed E-state index contributed by atoms with van der Waals surface area (Å²) in [5, 5.41) is 0. The second-order valence-electron chi connectivity index (χ2n) is 6.32. The summed E-state index contributed by atoms with van der Waals surface area (Å²) in [5.74, 6) is 0.623. The normalized spacial score (nSPS) is 28.6. The summed E-state index contributed by atoms with van der Waals surface area (Å²) in [7, 11) is 3.72. The number of piperidine rings is 1. The lowest BCUT2D eigenvalue weighted by Gasteiger charge is -2.35. The number of ether oxygens (including phenoxy) is 1. The van der Waals surface area contributed by atoms with Crippen LogP contribution in [0.15, 0.2) is 18.2 Å². The number of rotatable bonds is 4. The molecule has 2 aliphatic heterocycles. The topological polar surface area (TPSA) is 29.5 Å². The van der Waals surface area contributed by atoms with E-state index in [1.54, 1.807) is 13.2 Å². The van der Waals surface area contributed by atoms with Gasteiger partial charge >= 0.3 is 0 Å². The SMILES string of the molecule is COc1ccc(F)cc1CC(=O)C1CC2CCC(C1)N2C. The van der Waals surface area contributed by atoms with Crippen molar-refractivity contribution in [3.63, 3.8) is 0 Å². The van der Waals surface area contributed by atoms with Crippen LogP contribution in [-0.4, -0.2) is 36.9 Å². The monoisotopic (exact) mass is 291 g/mol. The average molecular weight is 291 g/mol. The molecule has 2 fully saturated rings. The first kappa shape index (κ1) is 14.5. The van der Waals surface area contributed by atoms with Crippen LogP contribution in [0.5, 0.6) is 5.75 Å². The minimum atomic E-state index is -0.318. The molecule has 3 rings (SSSR count). The zero-order valence-electron chi connectivity index (χ0n) is 12.6. The highest BCUT2D eigenvalue weighted by atomic mass is 19.1. The molecule has 3 nitrogen and oxygen atoms in total. The van der Waals surface area contributed by atoms with Crippen molar-refractivity contribution in [1.82, 2.24) is 4.90 Å². The van der Waals surface area contributed by atoms with E-state index >= 15 is 0 Å². The number of fused-ring (bicyclic) bond motifs is 2. The van der Waals surface area contributed by atoms with E-state index in [4.69, 9.17) is 4.74 Å². The summed E-state index contributed by atoms with van der Waals surface area (Å²) < 4.78 is 18.6. The van der Waals surface area contributed by atoms with Crippen LogP contribution in [0.3, 0.4) is 0 Å². The molecule has 0 radical (unpaired) electrons. The molecular formula is C17H22FNO2. The third kappa shape index (κ3) is 2.82. The van der Waals surface area contributed by atoms with Crippen molar-refractivity contribution >= 4 is 5.78 Å². The van der Waals surface area contributed by atoms with E-state index in [1.807, 2.05) is 0 Å². The number of ketones is 1. The van der Waals surface area contributed by atoms with Gasteiger partial charge in [-0.2, -0.15) is 0 Å². The van der Waals surface area contributed by atoms with Crippen LogP contribution in [0.4, 0.5) is 4.39 Å². The Bertz CT molecular complexity index is 532. The van der Waals surface area contributed by atoms with Crippen LogP contribution in [0.1, 0.15) is 31.2 Å². The Balaban J connectivity index is 1.71. The van der Waals surface area contributed by atoms with E-state index in [0.29, 0.717) is 23.4 Å². The van der Waals surface area contributed by atoms with Crippen molar-refractivity contribution < 1.29 is 13.9 Å². The van der Waals surface area contributed by atoms with Gasteiger partial charge < -0.3 is 9.64 Å². The predicted molar refractivity (Wildman–Crippen MR) is 79.0 cm³/mol. The minimum absolute atomic E-state index is 0.117. The van der Waals surface area contributed by atoms with Gasteiger partial charge in [0.25, 0.3) is 0 Å². The number of methoxy groups -OCH3 is 1. The summed E-state index contributed by atoms with van der Waals surface area (Å²) in [6.07, 6.45) is 4.57. The van der Waals surface area contributed by atoms with Gasteiger partial charge in [0.15, 0.2) is 0 Å². The van der Waals surface area contributed by atoms with Gasteiger partial charge in [-0.15, -0.1) is 0 Å². The van der Waals surface area contributed by atoms with Gasteiger partial charge in [0.2, 0.25) is 0 Å². The summed E-state index contributed by atoms with van der Waals surface area (Å²) in [6.45, 7) is 0. The smallest absolute Gasteiger partial charge is 0.140 e. The molecular weight excluding hydrogens is 269 g/mol. The summed E-state index contributed by atoms with van der Waals surface area (Å²) >= 11 is 0. The summed E-state index contributed by atoms with van der Waals surface area (Å²) in [5.41, 5.74) is 0.661. The molecule has 1 aromatic carbocycles. The number of hydrogen-bond acceptors (Lipinski definition) is 3. The Labute approximate surface area is 125 Å². The molecule has 2 heterocycles. The Morgan fingerprint density at radius 3 is 2.62 bits per heavy atom. The van der Waals surface area contributed by atoms with Crippen LogP contribution in [0.2, 0.25) is 0 Å². The van der Waals surface area contributed by atoms with Crippen molar-refractivity contribution in [3.05, 3.63) is 29.6 Å². The first-order valence-electron chi connectivity index (χ1n) is 7.65. The second kappa shape index (κ2) is 5.76. The van der Waals surface area contributed by atoms with Crippen molar-refractivity contribution in [2.45, 2.75) is 44.2 Å².